The van der Waals surface area contributed by atoms with Gasteiger partial charge in [-0.1, -0.05) is 47.9 Å². The molecule has 11 heteroatoms. The van der Waals surface area contributed by atoms with Crippen LogP contribution >= 0.6 is 45.9 Å². The number of halogens is 2. The van der Waals surface area contributed by atoms with Crippen LogP contribution in [-0.2, 0) is 6.54 Å². The van der Waals surface area contributed by atoms with Crippen molar-refractivity contribution in [2.45, 2.75) is 26.3 Å². The first-order valence-electron chi connectivity index (χ1n) is 10.2. The van der Waals surface area contributed by atoms with E-state index in [4.69, 9.17) is 33.9 Å². The SMILES string of the molecule is CCCCN(C)Cc1sc(NC(=O)c2cnc(NCCN)c(Cl)c2)nc1-c1cc(Cl)cs1. The molecular weight excluding hydrogens is 487 g/mol. The number of amides is 1. The minimum absolute atomic E-state index is 0.319. The summed E-state index contributed by atoms with van der Waals surface area (Å²) in [4.78, 5) is 26.1. The number of rotatable bonds is 11. The molecule has 0 aromatic carbocycles. The molecule has 7 nitrogen and oxygen atoms in total. The maximum atomic E-state index is 12.8. The van der Waals surface area contributed by atoms with Gasteiger partial charge in [-0.15, -0.1) is 11.3 Å². The molecule has 0 saturated heterocycles. The number of pyridine rings is 1. The molecule has 0 unspecified atom stereocenters. The fourth-order valence-corrected chi connectivity index (χ4v) is 5.39. The number of carbonyl (C=O) groups excluding carboxylic acids is 1. The standard InChI is InChI=1S/C21H26Cl2N6OS2/c1-3-4-7-29(2)11-17-18(16-9-14(22)12-31-16)27-21(32-17)28-20(30)13-8-15(23)19(26-10-13)25-6-5-24/h8-10,12H,3-7,11,24H2,1-2H3,(H,25,26)(H,27,28,30). The van der Waals surface area contributed by atoms with Crippen LogP contribution in [0.15, 0.2) is 23.7 Å². The van der Waals surface area contributed by atoms with Gasteiger partial charge in [0.15, 0.2) is 5.13 Å². The molecule has 0 aliphatic heterocycles. The van der Waals surface area contributed by atoms with Gasteiger partial charge >= 0.3 is 0 Å². The van der Waals surface area contributed by atoms with Crippen LogP contribution in [0.5, 0.6) is 0 Å². The van der Waals surface area contributed by atoms with Gasteiger partial charge in [0.1, 0.15) is 5.82 Å². The maximum Gasteiger partial charge on any atom is 0.259 e. The fraction of sp³-hybridized carbons (Fsp3) is 0.381. The van der Waals surface area contributed by atoms with Crippen molar-refractivity contribution in [3.63, 3.8) is 0 Å². The summed E-state index contributed by atoms with van der Waals surface area (Å²) in [6.07, 6.45) is 3.74. The highest BCUT2D eigenvalue weighted by Gasteiger charge is 2.19. The van der Waals surface area contributed by atoms with Crippen LogP contribution in [0.4, 0.5) is 10.9 Å². The molecule has 3 aromatic heterocycles. The Morgan fingerprint density at radius 3 is 2.78 bits per heavy atom. The molecule has 0 aliphatic rings. The lowest BCUT2D eigenvalue weighted by Gasteiger charge is -2.15. The quantitative estimate of drug-likeness (QED) is 0.317. The van der Waals surface area contributed by atoms with Gasteiger partial charge in [0, 0.05) is 36.1 Å². The van der Waals surface area contributed by atoms with E-state index in [1.54, 1.807) is 6.07 Å². The molecule has 0 spiro atoms. The molecular formula is C21H26Cl2N6OS2. The number of hydrogen-bond acceptors (Lipinski definition) is 8. The number of nitrogens with one attached hydrogen (secondary N) is 2. The van der Waals surface area contributed by atoms with Crippen LogP contribution in [0.2, 0.25) is 10.0 Å². The van der Waals surface area contributed by atoms with Gasteiger partial charge in [0.05, 0.1) is 26.2 Å². The highest BCUT2D eigenvalue weighted by atomic mass is 35.5. The number of hydrogen-bond donors (Lipinski definition) is 3. The lowest BCUT2D eigenvalue weighted by molar-refractivity contribution is 0.102. The van der Waals surface area contributed by atoms with E-state index in [0.29, 0.717) is 39.6 Å². The molecule has 4 N–H and O–H groups in total. The van der Waals surface area contributed by atoms with Gasteiger partial charge in [0.2, 0.25) is 0 Å². The Labute approximate surface area is 206 Å². The average molecular weight is 514 g/mol. The highest BCUT2D eigenvalue weighted by molar-refractivity contribution is 7.17. The van der Waals surface area contributed by atoms with E-state index in [1.807, 2.05) is 11.4 Å². The van der Waals surface area contributed by atoms with E-state index in [9.17, 15) is 4.79 Å². The lowest BCUT2D eigenvalue weighted by atomic mass is 10.2. The third-order valence-corrected chi connectivity index (χ3v) is 7.09. The number of nitrogens with zero attached hydrogens (tertiary/aromatic N) is 3. The Bertz CT molecular complexity index is 1050. The summed E-state index contributed by atoms with van der Waals surface area (Å²) in [6, 6.07) is 3.48. The third-order valence-electron chi connectivity index (χ3n) is 4.57. The van der Waals surface area contributed by atoms with Crippen molar-refractivity contribution in [2.75, 3.05) is 37.3 Å². The molecule has 3 aromatic rings. The van der Waals surface area contributed by atoms with Crippen LogP contribution in [0.25, 0.3) is 10.6 Å². The smallest absolute Gasteiger partial charge is 0.259 e. The molecule has 0 fully saturated rings. The van der Waals surface area contributed by atoms with Crippen molar-refractivity contribution in [3.05, 3.63) is 44.2 Å². The zero-order valence-corrected chi connectivity index (χ0v) is 21.1. The van der Waals surface area contributed by atoms with Crippen molar-refractivity contribution >= 4 is 62.7 Å². The largest absolute Gasteiger partial charge is 0.368 e. The van der Waals surface area contributed by atoms with Crippen LogP contribution in [-0.4, -0.2) is 47.5 Å². The Kier molecular flexibility index (Phi) is 9.27. The van der Waals surface area contributed by atoms with Crippen molar-refractivity contribution in [1.29, 1.82) is 0 Å². The van der Waals surface area contributed by atoms with Crippen LogP contribution in [0, 0.1) is 0 Å². The Balaban J connectivity index is 1.80. The predicted octanol–water partition coefficient (Wildman–Crippen LogP) is 5.43. The number of thiazole rings is 1. The molecule has 3 heterocycles. The predicted molar refractivity (Wildman–Crippen MR) is 136 cm³/mol. The number of carbonyl (C=O) groups is 1. The molecule has 0 radical (unpaired) electrons. The summed E-state index contributed by atoms with van der Waals surface area (Å²) in [7, 11) is 2.09. The van der Waals surface area contributed by atoms with Gasteiger partial charge in [-0.2, -0.15) is 0 Å². The molecule has 0 saturated carbocycles. The van der Waals surface area contributed by atoms with E-state index in [-0.39, 0.29) is 5.91 Å². The first kappa shape index (κ1) is 24.9. The topological polar surface area (TPSA) is 96.2 Å². The summed E-state index contributed by atoms with van der Waals surface area (Å²) in [5.74, 6) is 0.178. The minimum Gasteiger partial charge on any atom is -0.368 e. The summed E-state index contributed by atoms with van der Waals surface area (Å²) in [5.41, 5.74) is 6.69. The second-order valence-electron chi connectivity index (χ2n) is 7.24. The first-order valence-corrected chi connectivity index (χ1v) is 12.7. The Morgan fingerprint density at radius 2 is 2.12 bits per heavy atom. The molecule has 0 bridgehead atoms. The summed E-state index contributed by atoms with van der Waals surface area (Å²) in [5, 5.41) is 9.34. The summed E-state index contributed by atoms with van der Waals surface area (Å²) < 4.78 is 0. The minimum atomic E-state index is -0.319. The number of anilines is 2. The molecule has 32 heavy (non-hydrogen) atoms. The number of unbranched alkanes of at least 4 members (excludes halogenated alkanes) is 1. The Morgan fingerprint density at radius 1 is 1.31 bits per heavy atom. The molecule has 0 aliphatic carbocycles. The van der Waals surface area contributed by atoms with Gasteiger partial charge < -0.3 is 16.0 Å². The van der Waals surface area contributed by atoms with Gasteiger partial charge in [-0.3, -0.25) is 10.1 Å². The zero-order chi connectivity index (χ0) is 23.1. The van der Waals surface area contributed by atoms with E-state index in [2.05, 4.69) is 34.5 Å². The average Bonchev–Trinajstić information content (AvgIpc) is 3.36. The number of nitrogens with two attached hydrogens (primary N) is 1. The fourth-order valence-electron chi connectivity index (χ4n) is 2.95. The summed E-state index contributed by atoms with van der Waals surface area (Å²) in [6.45, 7) is 4.92. The second kappa shape index (κ2) is 11.9. The number of aromatic nitrogens is 2. The van der Waals surface area contributed by atoms with E-state index < -0.39 is 0 Å². The molecule has 172 valence electrons. The van der Waals surface area contributed by atoms with Crippen molar-refractivity contribution in [3.8, 4) is 10.6 Å². The van der Waals surface area contributed by atoms with E-state index in [0.717, 1.165) is 41.4 Å². The molecule has 3 rings (SSSR count). The number of thiophene rings is 1. The van der Waals surface area contributed by atoms with Crippen molar-refractivity contribution < 1.29 is 4.79 Å². The molecule has 0 atom stereocenters. The van der Waals surface area contributed by atoms with E-state index in [1.165, 1.54) is 28.9 Å². The maximum absolute atomic E-state index is 12.8. The Hall–Kier alpha value is -1.75. The summed E-state index contributed by atoms with van der Waals surface area (Å²) >= 11 is 15.4. The highest BCUT2D eigenvalue weighted by Crippen LogP contribution is 2.37. The second-order valence-corrected chi connectivity index (χ2v) is 10.1. The van der Waals surface area contributed by atoms with Gasteiger partial charge in [-0.05, 0) is 32.1 Å². The third kappa shape index (κ3) is 6.63. The monoisotopic (exact) mass is 512 g/mol. The van der Waals surface area contributed by atoms with E-state index >= 15 is 0 Å². The van der Waals surface area contributed by atoms with Crippen molar-refractivity contribution in [1.82, 2.24) is 14.9 Å². The van der Waals surface area contributed by atoms with Gasteiger partial charge in [-0.25, -0.2) is 9.97 Å². The first-order chi connectivity index (χ1) is 15.4. The van der Waals surface area contributed by atoms with Crippen LogP contribution in [0.3, 0.4) is 0 Å². The lowest BCUT2D eigenvalue weighted by Crippen LogP contribution is -2.18. The van der Waals surface area contributed by atoms with Crippen molar-refractivity contribution in [2.24, 2.45) is 5.73 Å². The van der Waals surface area contributed by atoms with Crippen LogP contribution < -0.4 is 16.4 Å². The van der Waals surface area contributed by atoms with Gasteiger partial charge in [0.25, 0.3) is 5.91 Å². The molecule has 1 amide bonds. The zero-order valence-electron chi connectivity index (χ0n) is 18.0. The van der Waals surface area contributed by atoms with Crippen LogP contribution in [0.1, 0.15) is 35.0 Å². The normalized spacial score (nSPS) is 11.2.